The maximum Gasteiger partial charge on any atom is 0.218 e. The minimum absolute atomic E-state index is 0.218. The molecule has 0 amide bonds. The summed E-state index contributed by atoms with van der Waals surface area (Å²) in [6.07, 6.45) is 6.07. The summed E-state index contributed by atoms with van der Waals surface area (Å²) in [5, 5.41) is 0. The monoisotopic (exact) mass is 425 g/mol. The lowest BCUT2D eigenvalue weighted by Crippen LogP contribution is -2.61. The van der Waals surface area contributed by atoms with E-state index in [0.717, 1.165) is 25.9 Å². The molecule has 0 N–H and O–H groups in total. The lowest BCUT2D eigenvalue weighted by molar-refractivity contribution is -0.278. The zero-order valence-electron chi connectivity index (χ0n) is 19.8. The van der Waals surface area contributed by atoms with Crippen LogP contribution in [0.25, 0.3) is 0 Å². The molecule has 0 spiro atoms. The van der Waals surface area contributed by atoms with Gasteiger partial charge in [0, 0.05) is 44.9 Å². The minimum Gasteiger partial charge on any atom is -0.445 e. The summed E-state index contributed by atoms with van der Waals surface area (Å²) in [5.74, 6) is 1.92. The molecule has 0 saturated heterocycles. The van der Waals surface area contributed by atoms with E-state index in [1.165, 1.54) is 12.0 Å². The van der Waals surface area contributed by atoms with Gasteiger partial charge in [-0.15, -0.1) is 0 Å². The highest BCUT2D eigenvalue weighted by molar-refractivity contribution is 5.18. The van der Waals surface area contributed by atoms with Gasteiger partial charge in [0.15, 0.2) is 0 Å². The molecular weight excluding hydrogens is 386 g/mol. The molecule has 2 aromatic rings. The van der Waals surface area contributed by atoms with Gasteiger partial charge in [-0.2, -0.15) is 0 Å². The first-order chi connectivity index (χ1) is 15.0. The molecule has 1 saturated carbocycles. The number of hydrogen-bond acceptors (Lipinski definition) is 4. The van der Waals surface area contributed by atoms with Crippen LogP contribution in [0.4, 0.5) is 0 Å². The molecule has 5 unspecified atom stereocenters. The lowest BCUT2D eigenvalue weighted by atomic mass is 9.59. The van der Waals surface area contributed by atoms with Crippen LogP contribution in [-0.2, 0) is 15.9 Å². The number of hydrogen-bond donors (Lipinski definition) is 0. The van der Waals surface area contributed by atoms with Crippen LogP contribution in [-0.4, -0.2) is 31.6 Å². The fraction of sp³-hybridized carbons (Fsp3) is 0.593. The van der Waals surface area contributed by atoms with Crippen LogP contribution in [0.1, 0.15) is 45.6 Å². The van der Waals surface area contributed by atoms with E-state index in [2.05, 4.69) is 56.1 Å². The van der Waals surface area contributed by atoms with Crippen molar-refractivity contribution in [1.82, 2.24) is 4.98 Å². The third kappa shape index (κ3) is 5.48. The van der Waals surface area contributed by atoms with Crippen LogP contribution >= 0.6 is 0 Å². The minimum atomic E-state index is -0.713. The smallest absolute Gasteiger partial charge is 0.218 e. The largest absolute Gasteiger partial charge is 0.445 e. The fourth-order valence-corrected chi connectivity index (χ4v) is 5.55. The van der Waals surface area contributed by atoms with E-state index in [1.54, 1.807) is 13.3 Å². The van der Waals surface area contributed by atoms with Gasteiger partial charge in [-0.05, 0) is 55.1 Å². The van der Waals surface area contributed by atoms with E-state index in [1.807, 2.05) is 25.3 Å². The summed E-state index contributed by atoms with van der Waals surface area (Å²) in [7, 11) is 3.60. The number of methoxy groups -OCH3 is 2. The molecule has 1 heterocycles. The number of benzene rings is 1. The van der Waals surface area contributed by atoms with E-state index in [-0.39, 0.29) is 11.8 Å². The summed E-state index contributed by atoms with van der Waals surface area (Å²) >= 11 is 0. The van der Waals surface area contributed by atoms with Crippen molar-refractivity contribution in [3.63, 3.8) is 0 Å². The lowest BCUT2D eigenvalue weighted by Gasteiger charge is -2.54. The third-order valence-corrected chi connectivity index (χ3v) is 7.22. The van der Waals surface area contributed by atoms with Crippen molar-refractivity contribution in [2.24, 2.45) is 29.6 Å². The molecule has 3 rings (SSSR count). The molecule has 0 bridgehead atoms. The number of nitrogens with zero attached hydrogens (tertiary/aromatic N) is 1. The number of ether oxygens (including phenoxy) is 3. The van der Waals surface area contributed by atoms with Crippen molar-refractivity contribution in [3.05, 3.63) is 60.3 Å². The topological polar surface area (TPSA) is 40.6 Å². The summed E-state index contributed by atoms with van der Waals surface area (Å²) < 4.78 is 18.5. The molecule has 1 aromatic heterocycles. The average molecular weight is 426 g/mol. The van der Waals surface area contributed by atoms with Gasteiger partial charge < -0.3 is 14.2 Å². The predicted octanol–water partition coefficient (Wildman–Crippen LogP) is 6.02. The van der Waals surface area contributed by atoms with Crippen LogP contribution in [0.3, 0.4) is 0 Å². The molecule has 1 aliphatic rings. The van der Waals surface area contributed by atoms with Gasteiger partial charge in [0.05, 0.1) is 0 Å². The Kier molecular flexibility index (Phi) is 8.50. The molecular formula is C27H39NO3. The van der Waals surface area contributed by atoms with Crippen LogP contribution in [0.15, 0.2) is 54.7 Å². The normalized spacial score (nSPS) is 28.6. The van der Waals surface area contributed by atoms with E-state index < -0.39 is 5.79 Å². The molecule has 1 fully saturated rings. The highest BCUT2D eigenvalue weighted by Crippen LogP contribution is 2.52. The number of aromatic nitrogens is 1. The van der Waals surface area contributed by atoms with Crippen molar-refractivity contribution in [2.75, 3.05) is 20.8 Å². The summed E-state index contributed by atoms with van der Waals surface area (Å²) in [6, 6.07) is 16.6. The second-order valence-electron chi connectivity index (χ2n) is 9.33. The second-order valence-corrected chi connectivity index (χ2v) is 9.33. The molecule has 4 nitrogen and oxygen atoms in total. The van der Waals surface area contributed by atoms with Crippen molar-refractivity contribution in [1.29, 1.82) is 0 Å². The van der Waals surface area contributed by atoms with Crippen LogP contribution in [0, 0.1) is 29.6 Å². The van der Waals surface area contributed by atoms with E-state index in [0.29, 0.717) is 23.6 Å². The quantitative estimate of drug-likeness (QED) is 0.345. The first-order valence-corrected chi connectivity index (χ1v) is 11.7. The van der Waals surface area contributed by atoms with E-state index >= 15 is 0 Å². The Morgan fingerprint density at radius 2 is 1.81 bits per heavy atom. The molecule has 0 aliphatic heterocycles. The van der Waals surface area contributed by atoms with Crippen LogP contribution < -0.4 is 4.74 Å². The van der Waals surface area contributed by atoms with Crippen molar-refractivity contribution in [3.8, 4) is 5.88 Å². The Morgan fingerprint density at radius 1 is 1.06 bits per heavy atom. The number of rotatable bonds is 10. The molecule has 4 heteroatoms. The summed E-state index contributed by atoms with van der Waals surface area (Å²) in [6.45, 7) is 7.79. The predicted molar refractivity (Wildman–Crippen MR) is 125 cm³/mol. The van der Waals surface area contributed by atoms with Crippen molar-refractivity contribution < 1.29 is 14.2 Å². The SMILES string of the molecule is COCCCC1CC(C(C)C)C(OC)(Oc2ccccn2)C(Cc2ccccc2)C1C. The Labute approximate surface area is 188 Å². The Hall–Kier alpha value is -1.91. The zero-order chi connectivity index (χ0) is 22.3. The molecule has 31 heavy (non-hydrogen) atoms. The standard InChI is InChI=1S/C27H39NO3/c1-20(2)24-19-23(14-11-17-29-4)21(3)25(18-22-12-7-6-8-13-22)27(24,30-5)31-26-15-9-10-16-28-26/h6-10,12-13,15-16,20-21,23-25H,11,14,17-19H2,1-5H3. The first kappa shape index (κ1) is 23.7. The van der Waals surface area contributed by atoms with Gasteiger partial charge in [-0.25, -0.2) is 4.98 Å². The van der Waals surface area contributed by atoms with Crippen LogP contribution in [0.5, 0.6) is 5.88 Å². The van der Waals surface area contributed by atoms with Crippen molar-refractivity contribution >= 4 is 0 Å². The Morgan fingerprint density at radius 3 is 2.42 bits per heavy atom. The summed E-state index contributed by atoms with van der Waals surface area (Å²) in [5.41, 5.74) is 1.32. The maximum absolute atomic E-state index is 6.74. The molecule has 170 valence electrons. The van der Waals surface area contributed by atoms with Gasteiger partial charge in [0.2, 0.25) is 11.7 Å². The van der Waals surface area contributed by atoms with Crippen LogP contribution in [0.2, 0.25) is 0 Å². The molecule has 1 aliphatic carbocycles. The summed E-state index contributed by atoms with van der Waals surface area (Å²) in [4.78, 5) is 4.49. The second kappa shape index (κ2) is 11.1. The molecule has 5 atom stereocenters. The molecule has 1 aromatic carbocycles. The first-order valence-electron chi connectivity index (χ1n) is 11.7. The van der Waals surface area contributed by atoms with Crippen molar-refractivity contribution in [2.45, 2.75) is 52.2 Å². The zero-order valence-corrected chi connectivity index (χ0v) is 19.8. The number of pyridine rings is 1. The fourth-order valence-electron chi connectivity index (χ4n) is 5.55. The average Bonchev–Trinajstić information content (AvgIpc) is 2.79. The van der Waals surface area contributed by atoms with Gasteiger partial charge >= 0.3 is 0 Å². The Balaban J connectivity index is 2.00. The van der Waals surface area contributed by atoms with E-state index in [4.69, 9.17) is 14.2 Å². The van der Waals surface area contributed by atoms with E-state index in [9.17, 15) is 0 Å². The maximum atomic E-state index is 6.74. The van der Waals surface area contributed by atoms with Gasteiger partial charge in [-0.3, -0.25) is 0 Å². The van der Waals surface area contributed by atoms with Gasteiger partial charge in [-0.1, -0.05) is 57.2 Å². The highest BCUT2D eigenvalue weighted by Gasteiger charge is 2.56. The van der Waals surface area contributed by atoms with Gasteiger partial charge in [0.1, 0.15) is 0 Å². The third-order valence-electron chi connectivity index (χ3n) is 7.22. The molecule has 0 radical (unpaired) electrons. The highest BCUT2D eigenvalue weighted by atomic mass is 16.7. The van der Waals surface area contributed by atoms with Gasteiger partial charge in [0.25, 0.3) is 0 Å². The Bertz CT molecular complexity index is 767.